The molecule has 0 fully saturated rings. The monoisotopic (exact) mass is 261 g/mol. The smallest absolute Gasteiger partial charge is 0.339 e. The minimum absolute atomic E-state index is 0.512. The largest absolute Gasteiger partial charge is 0.478 e. The lowest BCUT2D eigenvalue weighted by Crippen LogP contribution is -2.12. The molecule has 3 nitrogen and oxygen atoms in total. The second-order valence-electron chi connectivity index (χ2n) is 4.93. The number of fused-ring (bicyclic) bond motifs is 1. The molecular formula is C14H15NO2S. The van der Waals surface area contributed by atoms with Crippen LogP contribution in [-0.2, 0) is 12.8 Å². The van der Waals surface area contributed by atoms with Gasteiger partial charge < -0.3 is 9.67 Å². The topological polar surface area (TPSA) is 42.2 Å². The Labute approximate surface area is 110 Å². The van der Waals surface area contributed by atoms with E-state index in [1.807, 2.05) is 29.1 Å². The second-order valence-corrected chi connectivity index (χ2v) is 6.01. The van der Waals surface area contributed by atoms with Crippen LogP contribution in [0.4, 0.5) is 0 Å². The highest BCUT2D eigenvalue weighted by Crippen LogP contribution is 2.38. The maximum Gasteiger partial charge on any atom is 0.339 e. The third-order valence-corrected chi connectivity index (χ3v) is 4.81. The van der Waals surface area contributed by atoms with E-state index in [0.717, 1.165) is 29.8 Å². The van der Waals surface area contributed by atoms with Crippen LogP contribution in [0.3, 0.4) is 0 Å². The molecular weight excluding hydrogens is 246 g/mol. The van der Waals surface area contributed by atoms with Crippen molar-refractivity contribution in [2.24, 2.45) is 5.92 Å². The average molecular weight is 261 g/mol. The maximum atomic E-state index is 11.5. The molecule has 18 heavy (non-hydrogen) atoms. The molecule has 2 aromatic rings. The van der Waals surface area contributed by atoms with Gasteiger partial charge in [-0.05, 0) is 42.9 Å². The molecule has 3 rings (SSSR count). The Morgan fingerprint density at radius 1 is 1.44 bits per heavy atom. The normalized spacial score (nSPS) is 18.6. The van der Waals surface area contributed by atoms with Gasteiger partial charge in [0.25, 0.3) is 0 Å². The first-order valence-corrected chi connectivity index (χ1v) is 6.99. The fourth-order valence-electron chi connectivity index (χ4n) is 2.61. The summed E-state index contributed by atoms with van der Waals surface area (Å²) < 4.78 is 1.91. The Kier molecular flexibility index (Phi) is 2.74. The van der Waals surface area contributed by atoms with E-state index in [-0.39, 0.29) is 0 Å². The highest BCUT2D eigenvalue weighted by Gasteiger charge is 2.27. The zero-order valence-electron chi connectivity index (χ0n) is 10.2. The summed E-state index contributed by atoms with van der Waals surface area (Å²) in [5.74, 6) is -0.138. The number of thiophene rings is 1. The van der Waals surface area contributed by atoms with Crippen molar-refractivity contribution in [3.05, 3.63) is 40.5 Å². The van der Waals surface area contributed by atoms with E-state index in [2.05, 4.69) is 6.92 Å². The van der Waals surface area contributed by atoms with Crippen LogP contribution in [-0.4, -0.2) is 15.6 Å². The molecule has 0 saturated carbocycles. The highest BCUT2D eigenvalue weighted by atomic mass is 32.1. The SMILES string of the molecule is CC1CCc2c(sc(-n3cccc3)c2C(=O)O)C1. The van der Waals surface area contributed by atoms with Gasteiger partial charge in [0.1, 0.15) is 5.00 Å². The number of rotatable bonds is 2. The highest BCUT2D eigenvalue weighted by molar-refractivity contribution is 7.15. The standard InChI is InChI=1S/C14H15NO2S/c1-9-4-5-10-11(8-9)18-13(12(10)14(16)17)15-6-2-3-7-15/h2-3,6-7,9H,4-5,8H2,1H3,(H,16,17). The summed E-state index contributed by atoms with van der Waals surface area (Å²) in [7, 11) is 0. The first kappa shape index (κ1) is 11.5. The zero-order valence-corrected chi connectivity index (χ0v) is 11.0. The number of carboxylic acid groups (broad SMARTS) is 1. The Balaban J connectivity index is 2.17. The minimum atomic E-state index is -0.800. The van der Waals surface area contributed by atoms with Gasteiger partial charge in [-0.2, -0.15) is 0 Å². The fraction of sp³-hybridized carbons (Fsp3) is 0.357. The summed E-state index contributed by atoms with van der Waals surface area (Å²) in [5.41, 5.74) is 1.58. The first-order chi connectivity index (χ1) is 8.66. The van der Waals surface area contributed by atoms with E-state index in [1.165, 1.54) is 4.88 Å². The van der Waals surface area contributed by atoms with Crippen LogP contribution < -0.4 is 0 Å². The van der Waals surface area contributed by atoms with Gasteiger partial charge in [-0.25, -0.2) is 4.79 Å². The first-order valence-electron chi connectivity index (χ1n) is 6.18. The van der Waals surface area contributed by atoms with E-state index in [1.54, 1.807) is 11.3 Å². The van der Waals surface area contributed by atoms with Crippen molar-refractivity contribution >= 4 is 17.3 Å². The lowest BCUT2D eigenvalue weighted by atomic mass is 9.88. The van der Waals surface area contributed by atoms with Gasteiger partial charge in [-0.15, -0.1) is 11.3 Å². The third-order valence-electron chi connectivity index (χ3n) is 3.55. The van der Waals surface area contributed by atoms with E-state index < -0.39 is 5.97 Å². The summed E-state index contributed by atoms with van der Waals surface area (Å²) in [4.78, 5) is 12.8. The lowest BCUT2D eigenvalue weighted by Gasteiger charge is -2.17. The predicted octanol–water partition coefficient (Wildman–Crippen LogP) is 3.36. The molecule has 0 saturated heterocycles. The Morgan fingerprint density at radius 3 is 2.83 bits per heavy atom. The van der Waals surface area contributed by atoms with Crippen LogP contribution in [0.25, 0.3) is 5.00 Å². The summed E-state index contributed by atoms with van der Waals surface area (Å²) in [6.07, 6.45) is 6.83. The van der Waals surface area contributed by atoms with Gasteiger partial charge in [0.2, 0.25) is 0 Å². The number of carboxylic acids is 1. The Hall–Kier alpha value is -1.55. The van der Waals surface area contributed by atoms with Crippen molar-refractivity contribution in [3.63, 3.8) is 0 Å². The fourth-order valence-corrected chi connectivity index (χ4v) is 4.08. The number of aromatic carboxylic acids is 1. The van der Waals surface area contributed by atoms with Gasteiger partial charge in [-0.3, -0.25) is 0 Å². The minimum Gasteiger partial charge on any atom is -0.478 e. The van der Waals surface area contributed by atoms with E-state index in [0.29, 0.717) is 11.5 Å². The Bertz CT molecular complexity index is 583. The van der Waals surface area contributed by atoms with Crippen LogP contribution in [0.2, 0.25) is 0 Å². The van der Waals surface area contributed by atoms with Crippen LogP contribution in [0.5, 0.6) is 0 Å². The lowest BCUT2D eigenvalue weighted by molar-refractivity contribution is 0.0696. The van der Waals surface area contributed by atoms with Crippen LogP contribution in [0, 0.1) is 5.92 Å². The number of nitrogens with zero attached hydrogens (tertiary/aromatic N) is 1. The van der Waals surface area contributed by atoms with Gasteiger partial charge in [0, 0.05) is 17.3 Å². The number of hydrogen-bond donors (Lipinski definition) is 1. The molecule has 1 aliphatic rings. The molecule has 0 spiro atoms. The van der Waals surface area contributed by atoms with Gasteiger partial charge in [-0.1, -0.05) is 6.92 Å². The molecule has 0 radical (unpaired) electrons. The molecule has 1 unspecified atom stereocenters. The molecule has 0 amide bonds. The van der Waals surface area contributed by atoms with E-state index >= 15 is 0 Å². The maximum absolute atomic E-state index is 11.5. The van der Waals surface area contributed by atoms with E-state index in [9.17, 15) is 9.90 Å². The molecule has 2 heterocycles. The molecule has 0 aliphatic heterocycles. The van der Waals surface area contributed by atoms with Crippen LogP contribution in [0.15, 0.2) is 24.5 Å². The van der Waals surface area contributed by atoms with Gasteiger partial charge in [0.05, 0.1) is 5.56 Å². The van der Waals surface area contributed by atoms with Crippen molar-refractivity contribution in [2.75, 3.05) is 0 Å². The van der Waals surface area contributed by atoms with Crippen molar-refractivity contribution in [2.45, 2.75) is 26.2 Å². The molecule has 1 N–H and O–H groups in total. The van der Waals surface area contributed by atoms with E-state index in [4.69, 9.17) is 0 Å². The second kappa shape index (κ2) is 4.28. The number of carbonyl (C=O) groups is 1. The predicted molar refractivity (Wildman–Crippen MR) is 71.8 cm³/mol. The van der Waals surface area contributed by atoms with Crippen molar-refractivity contribution in [1.82, 2.24) is 4.57 Å². The number of hydrogen-bond acceptors (Lipinski definition) is 2. The third kappa shape index (κ3) is 1.77. The van der Waals surface area contributed by atoms with Gasteiger partial charge >= 0.3 is 5.97 Å². The van der Waals surface area contributed by atoms with Crippen molar-refractivity contribution in [3.8, 4) is 5.00 Å². The van der Waals surface area contributed by atoms with Crippen molar-refractivity contribution in [1.29, 1.82) is 0 Å². The summed E-state index contributed by atoms with van der Waals surface area (Å²) in [6, 6.07) is 3.85. The molecule has 0 bridgehead atoms. The summed E-state index contributed by atoms with van der Waals surface area (Å²) in [5, 5.41) is 10.3. The quantitative estimate of drug-likeness (QED) is 0.900. The van der Waals surface area contributed by atoms with Crippen LogP contribution in [0.1, 0.15) is 34.1 Å². The molecule has 1 atom stereocenters. The molecule has 1 aliphatic carbocycles. The summed E-state index contributed by atoms with van der Waals surface area (Å²) in [6.45, 7) is 2.23. The Morgan fingerprint density at radius 2 is 2.17 bits per heavy atom. The van der Waals surface area contributed by atoms with Gasteiger partial charge in [0.15, 0.2) is 0 Å². The zero-order chi connectivity index (χ0) is 12.7. The number of aromatic nitrogens is 1. The van der Waals surface area contributed by atoms with Crippen LogP contribution >= 0.6 is 11.3 Å². The molecule has 2 aromatic heterocycles. The van der Waals surface area contributed by atoms with Crippen molar-refractivity contribution < 1.29 is 9.90 Å². The average Bonchev–Trinajstić information content (AvgIpc) is 2.93. The summed E-state index contributed by atoms with van der Waals surface area (Å²) >= 11 is 1.63. The molecule has 94 valence electrons. The molecule has 4 heteroatoms. The molecule has 0 aromatic carbocycles.